The molecule has 1 unspecified atom stereocenters. The van der Waals surface area contributed by atoms with Crippen molar-refractivity contribution in [3.8, 4) is 0 Å². The highest BCUT2D eigenvalue weighted by molar-refractivity contribution is 4.60. The van der Waals surface area contributed by atoms with Crippen LogP contribution in [0.2, 0.25) is 0 Å². The second kappa shape index (κ2) is 7.64. The third-order valence-electron chi connectivity index (χ3n) is 1.87. The number of hydrogen-bond acceptors (Lipinski definition) is 1. The topological polar surface area (TPSA) is 9.23 Å². The maximum Gasteiger partial charge on any atom is 0.0975 e. The zero-order chi connectivity index (χ0) is 8.53. The van der Waals surface area contributed by atoms with Crippen LogP contribution < -0.4 is 0 Å². The van der Waals surface area contributed by atoms with Crippen molar-refractivity contribution < 1.29 is 4.74 Å². The van der Waals surface area contributed by atoms with Gasteiger partial charge in [-0.2, -0.15) is 0 Å². The Bertz CT molecular complexity index is 88.9. The van der Waals surface area contributed by atoms with E-state index in [0.717, 1.165) is 6.42 Å². The summed E-state index contributed by atoms with van der Waals surface area (Å²) in [6, 6.07) is 0. The van der Waals surface area contributed by atoms with E-state index >= 15 is 0 Å². The van der Waals surface area contributed by atoms with Crippen LogP contribution in [0.5, 0.6) is 0 Å². The molecule has 1 atom stereocenters. The third kappa shape index (κ3) is 5.96. The summed E-state index contributed by atoms with van der Waals surface area (Å²) in [6.45, 7) is 7.92. The Labute approximate surface area is 70.4 Å². The molecule has 0 rings (SSSR count). The molecule has 0 saturated heterocycles. The summed E-state index contributed by atoms with van der Waals surface area (Å²) >= 11 is 0. The Hall–Kier alpha value is -0.460. The Balaban J connectivity index is 3.27. The third-order valence-corrected chi connectivity index (χ3v) is 1.87. The molecule has 0 aliphatic rings. The molecule has 66 valence electrons. The van der Waals surface area contributed by atoms with Crippen LogP contribution in [-0.4, -0.2) is 6.10 Å². The molecular weight excluding hydrogens is 136 g/mol. The summed E-state index contributed by atoms with van der Waals surface area (Å²) in [4.78, 5) is 0. The minimum atomic E-state index is 0.402. The molecule has 0 bridgehead atoms. The van der Waals surface area contributed by atoms with Crippen molar-refractivity contribution in [2.45, 2.75) is 52.1 Å². The standard InChI is InChI=1S/C10H20O/c1-4-7-8-9-10(5-2)11-6-3/h6,10H,3-5,7-9H2,1-2H3. The smallest absolute Gasteiger partial charge is 0.0975 e. The van der Waals surface area contributed by atoms with E-state index in [-0.39, 0.29) is 0 Å². The van der Waals surface area contributed by atoms with Crippen molar-refractivity contribution in [2.75, 3.05) is 0 Å². The van der Waals surface area contributed by atoms with Crippen molar-refractivity contribution in [1.29, 1.82) is 0 Å². The van der Waals surface area contributed by atoms with Crippen molar-refractivity contribution in [3.63, 3.8) is 0 Å². The van der Waals surface area contributed by atoms with Gasteiger partial charge in [0.15, 0.2) is 0 Å². The summed E-state index contributed by atoms with van der Waals surface area (Å²) in [7, 11) is 0. The highest BCUT2D eigenvalue weighted by Gasteiger charge is 2.03. The quantitative estimate of drug-likeness (QED) is 0.405. The van der Waals surface area contributed by atoms with Crippen molar-refractivity contribution in [3.05, 3.63) is 12.8 Å². The molecule has 0 radical (unpaired) electrons. The monoisotopic (exact) mass is 156 g/mol. The van der Waals surface area contributed by atoms with Gasteiger partial charge >= 0.3 is 0 Å². The van der Waals surface area contributed by atoms with E-state index in [0.29, 0.717) is 6.10 Å². The van der Waals surface area contributed by atoms with Crippen LogP contribution in [-0.2, 0) is 4.74 Å². The van der Waals surface area contributed by atoms with E-state index in [9.17, 15) is 0 Å². The SMILES string of the molecule is C=COC(CC)CCCCC. The average molecular weight is 156 g/mol. The largest absolute Gasteiger partial charge is 0.499 e. The van der Waals surface area contributed by atoms with E-state index in [1.165, 1.54) is 25.7 Å². The van der Waals surface area contributed by atoms with E-state index in [1.54, 1.807) is 6.26 Å². The van der Waals surface area contributed by atoms with Crippen LogP contribution in [0.25, 0.3) is 0 Å². The van der Waals surface area contributed by atoms with Gasteiger partial charge in [0.1, 0.15) is 0 Å². The molecule has 0 aromatic carbocycles. The van der Waals surface area contributed by atoms with Gasteiger partial charge in [0.25, 0.3) is 0 Å². The summed E-state index contributed by atoms with van der Waals surface area (Å²) < 4.78 is 5.30. The van der Waals surface area contributed by atoms with Crippen LogP contribution in [0.3, 0.4) is 0 Å². The molecule has 0 aliphatic heterocycles. The maximum absolute atomic E-state index is 5.30. The predicted molar refractivity (Wildman–Crippen MR) is 49.5 cm³/mol. The second-order valence-corrected chi connectivity index (χ2v) is 2.83. The minimum absolute atomic E-state index is 0.402. The lowest BCUT2D eigenvalue weighted by Crippen LogP contribution is -2.07. The number of ether oxygens (including phenoxy) is 1. The van der Waals surface area contributed by atoms with Crippen LogP contribution in [0, 0.1) is 0 Å². The van der Waals surface area contributed by atoms with Gasteiger partial charge in [0.2, 0.25) is 0 Å². The number of hydrogen-bond donors (Lipinski definition) is 0. The minimum Gasteiger partial charge on any atom is -0.499 e. The Morgan fingerprint density at radius 1 is 1.36 bits per heavy atom. The van der Waals surface area contributed by atoms with Crippen LogP contribution in [0.4, 0.5) is 0 Å². The van der Waals surface area contributed by atoms with E-state index in [1.807, 2.05) is 0 Å². The normalized spacial score (nSPS) is 12.5. The van der Waals surface area contributed by atoms with Gasteiger partial charge in [-0.3, -0.25) is 0 Å². The fourth-order valence-electron chi connectivity index (χ4n) is 1.13. The van der Waals surface area contributed by atoms with Crippen molar-refractivity contribution in [1.82, 2.24) is 0 Å². The molecule has 0 aromatic rings. The molecule has 0 spiro atoms. The number of rotatable bonds is 7. The van der Waals surface area contributed by atoms with E-state index in [4.69, 9.17) is 4.74 Å². The van der Waals surface area contributed by atoms with Gasteiger partial charge in [0.05, 0.1) is 12.4 Å². The molecule has 0 heterocycles. The first-order valence-corrected chi connectivity index (χ1v) is 4.61. The van der Waals surface area contributed by atoms with Gasteiger partial charge in [-0.1, -0.05) is 33.3 Å². The summed E-state index contributed by atoms with van der Waals surface area (Å²) in [5.41, 5.74) is 0. The van der Waals surface area contributed by atoms with Gasteiger partial charge in [-0.25, -0.2) is 0 Å². The molecule has 0 saturated carbocycles. The fraction of sp³-hybridized carbons (Fsp3) is 0.800. The fourth-order valence-corrected chi connectivity index (χ4v) is 1.13. The van der Waals surface area contributed by atoms with Gasteiger partial charge in [0, 0.05) is 0 Å². The first-order chi connectivity index (χ1) is 5.35. The van der Waals surface area contributed by atoms with E-state index in [2.05, 4.69) is 20.4 Å². The molecule has 11 heavy (non-hydrogen) atoms. The second-order valence-electron chi connectivity index (χ2n) is 2.83. The molecular formula is C10H20O. The highest BCUT2D eigenvalue weighted by atomic mass is 16.5. The molecule has 0 aliphatic carbocycles. The Kier molecular flexibility index (Phi) is 7.33. The van der Waals surface area contributed by atoms with Gasteiger partial charge in [-0.05, 0) is 19.3 Å². The lowest BCUT2D eigenvalue weighted by Gasteiger charge is -2.13. The number of unbranched alkanes of at least 4 members (excludes halogenated alkanes) is 2. The van der Waals surface area contributed by atoms with Crippen molar-refractivity contribution in [2.24, 2.45) is 0 Å². The molecule has 1 heteroatoms. The molecule has 1 nitrogen and oxygen atoms in total. The molecule has 0 N–H and O–H groups in total. The molecule has 0 amide bonds. The summed E-state index contributed by atoms with van der Waals surface area (Å²) in [6.07, 6.45) is 8.11. The Morgan fingerprint density at radius 2 is 2.09 bits per heavy atom. The van der Waals surface area contributed by atoms with Crippen LogP contribution >= 0.6 is 0 Å². The lowest BCUT2D eigenvalue weighted by atomic mass is 10.1. The first-order valence-electron chi connectivity index (χ1n) is 4.61. The van der Waals surface area contributed by atoms with Gasteiger partial charge in [-0.15, -0.1) is 0 Å². The predicted octanol–water partition coefficient (Wildman–Crippen LogP) is 3.51. The van der Waals surface area contributed by atoms with E-state index < -0.39 is 0 Å². The molecule has 0 fully saturated rings. The Morgan fingerprint density at radius 3 is 2.55 bits per heavy atom. The lowest BCUT2D eigenvalue weighted by molar-refractivity contribution is 0.129. The van der Waals surface area contributed by atoms with Gasteiger partial charge < -0.3 is 4.74 Å². The highest BCUT2D eigenvalue weighted by Crippen LogP contribution is 2.09. The zero-order valence-electron chi connectivity index (χ0n) is 7.81. The molecule has 0 aromatic heterocycles. The average Bonchev–Trinajstić information content (AvgIpc) is 2.03. The van der Waals surface area contributed by atoms with Crippen LogP contribution in [0.1, 0.15) is 46.0 Å². The maximum atomic E-state index is 5.30. The summed E-state index contributed by atoms with van der Waals surface area (Å²) in [5.74, 6) is 0. The van der Waals surface area contributed by atoms with Crippen LogP contribution in [0.15, 0.2) is 12.8 Å². The zero-order valence-corrected chi connectivity index (χ0v) is 7.81. The summed E-state index contributed by atoms with van der Waals surface area (Å²) in [5, 5.41) is 0. The first kappa shape index (κ1) is 10.5. The van der Waals surface area contributed by atoms with Crippen molar-refractivity contribution >= 4 is 0 Å².